The first kappa shape index (κ1) is 13.7. The SMILES string of the molecule is O=[N+]([O-])c1ccccc1N=Nc1c(O)ccc2ccccc12. The van der Waals surface area contributed by atoms with E-state index in [1.165, 1.54) is 18.2 Å². The summed E-state index contributed by atoms with van der Waals surface area (Å²) in [6, 6.07) is 16.8. The average molecular weight is 293 g/mol. The van der Waals surface area contributed by atoms with Crippen molar-refractivity contribution in [3.05, 3.63) is 70.8 Å². The number of fused-ring (bicyclic) bond motifs is 1. The lowest BCUT2D eigenvalue weighted by molar-refractivity contribution is -0.384. The predicted molar refractivity (Wildman–Crippen MR) is 82.9 cm³/mol. The summed E-state index contributed by atoms with van der Waals surface area (Å²) in [6.45, 7) is 0. The van der Waals surface area contributed by atoms with E-state index < -0.39 is 4.92 Å². The molecular formula is C16H11N3O3. The first-order valence-electron chi connectivity index (χ1n) is 6.52. The summed E-state index contributed by atoms with van der Waals surface area (Å²) in [5.74, 6) is -0.0268. The molecule has 6 heteroatoms. The molecule has 0 atom stereocenters. The monoisotopic (exact) mass is 293 g/mol. The summed E-state index contributed by atoms with van der Waals surface area (Å²) in [4.78, 5) is 10.5. The van der Waals surface area contributed by atoms with Crippen LogP contribution in [0.3, 0.4) is 0 Å². The highest BCUT2D eigenvalue weighted by molar-refractivity contribution is 5.95. The van der Waals surface area contributed by atoms with E-state index in [-0.39, 0.29) is 22.8 Å². The van der Waals surface area contributed by atoms with Crippen LogP contribution in [0.25, 0.3) is 10.8 Å². The van der Waals surface area contributed by atoms with Crippen LogP contribution < -0.4 is 0 Å². The molecule has 22 heavy (non-hydrogen) atoms. The van der Waals surface area contributed by atoms with Crippen LogP contribution in [-0.4, -0.2) is 10.0 Å². The van der Waals surface area contributed by atoms with E-state index in [4.69, 9.17) is 0 Å². The van der Waals surface area contributed by atoms with Crippen molar-refractivity contribution in [1.29, 1.82) is 0 Å². The first-order chi connectivity index (χ1) is 10.7. The molecule has 108 valence electrons. The number of phenolic OH excluding ortho intramolecular Hbond substituents is 1. The largest absolute Gasteiger partial charge is 0.506 e. The van der Waals surface area contributed by atoms with Crippen LogP contribution in [0.2, 0.25) is 0 Å². The molecule has 0 amide bonds. The Morgan fingerprint density at radius 1 is 0.909 bits per heavy atom. The van der Waals surface area contributed by atoms with E-state index in [0.29, 0.717) is 0 Å². The van der Waals surface area contributed by atoms with Gasteiger partial charge in [-0.1, -0.05) is 42.5 Å². The number of nitro groups is 1. The minimum Gasteiger partial charge on any atom is -0.506 e. The molecule has 6 nitrogen and oxygen atoms in total. The second kappa shape index (κ2) is 5.61. The summed E-state index contributed by atoms with van der Waals surface area (Å²) >= 11 is 0. The lowest BCUT2D eigenvalue weighted by Gasteiger charge is -2.03. The van der Waals surface area contributed by atoms with Gasteiger partial charge in [-0.15, -0.1) is 10.2 Å². The number of azo groups is 1. The second-order valence-electron chi connectivity index (χ2n) is 4.60. The smallest absolute Gasteiger partial charge is 0.296 e. The minimum absolute atomic E-state index is 0.0268. The van der Waals surface area contributed by atoms with Crippen molar-refractivity contribution in [3.63, 3.8) is 0 Å². The van der Waals surface area contributed by atoms with Gasteiger partial charge in [-0.05, 0) is 17.5 Å². The fourth-order valence-electron chi connectivity index (χ4n) is 2.16. The van der Waals surface area contributed by atoms with Gasteiger partial charge in [0.25, 0.3) is 5.69 Å². The molecule has 0 bridgehead atoms. The molecule has 0 aliphatic heterocycles. The summed E-state index contributed by atoms with van der Waals surface area (Å²) in [5, 5.41) is 30.5. The molecule has 0 heterocycles. The highest BCUT2D eigenvalue weighted by Gasteiger charge is 2.12. The molecule has 0 spiro atoms. The predicted octanol–water partition coefficient (Wildman–Crippen LogP) is 4.87. The van der Waals surface area contributed by atoms with E-state index in [1.54, 1.807) is 18.2 Å². The number of para-hydroxylation sites is 1. The normalized spacial score (nSPS) is 11.1. The number of aromatic hydroxyl groups is 1. The topological polar surface area (TPSA) is 88.1 Å². The van der Waals surface area contributed by atoms with Crippen LogP contribution in [0.4, 0.5) is 17.1 Å². The number of hydrogen-bond donors (Lipinski definition) is 1. The average Bonchev–Trinajstić information content (AvgIpc) is 2.54. The summed E-state index contributed by atoms with van der Waals surface area (Å²) < 4.78 is 0. The Morgan fingerprint density at radius 3 is 2.45 bits per heavy atom. The Hall–Kier alpha value is -3.28. The van der Waals surface area contributed by atoms with Gasteiger partial charge >= 0.3 is 0 Å². The number of nitro benzene ring substituents is 1. The van der Waals surface area contributed by atoms with Gasteiger partial charge in [0.05, 0.1) is 4.92 Å². The van der Waals surface area contributed by atoms with E-state index in [1.807, 2.05) is 24.3 Å². The summed E-state index contributed by atoms with van der Waals surface area (Å²) in [5.41, 5.74) is 0.294. The molecule has 3 aromatic rings. The number of phenols is 1. The molecule has 0 saturated carbocycles. The summed E-state index contributed by atoms with van der Waals surface area (Å²) in [7, 11) is 0. The third-order valence-corrected chi connectivity index (χ3v) is 3.22. The lowest BCUT2D eigenvalue weighted by atomic mass is 10.1. The maximum Gasteiger partial charge on any atom is 0.296 e. The molecule has 1 N–H and O–H groups in total. The second-order valence-corrected chi connectivity index (χ2v) is 4.60. The number of benzene rings is 3. The molecule has 3 rings (SSSR count). The maximum atomic E-state index is 11.0. The van der Waals surface area contributed by atoms with Gasteiger partial charge in [-0.3, -0.25) is 10.1 Å². The van der Waals surface area contributed by atoms with Crippen LogP contribution in [0.15, 0.2) is 70.9 Å². The Balaban J connectivity index is 2.11. The zero-order chi connectivity index (χ0) is 15.5. The molecule has 0 aromatic heterocycles. The van der Waals surface area contributed by atoms with Crippen molar-refractivity contribution in [3.8, 4) is 5.75 Å². The van der Waals surface area contributed by atoms with Crippen molar-refractivity contribution < 1.29 is 10.0 Å². The fraction of sp³-hybridized carbons (Fsp3) is 0. The highest BCUT2D eigenvalue weighted by Crippen LogP contribution is 2.37. The molecular weight excluding hydrogens is 282 g/mol. The Morgan fingerprint density at radius 2 is 1.64 bits per heavy atom. The van der Waals surface area contributed by atoms with Crippen LogP contribution in [0.5, 0.6) is 5.75 Å². The standard InChI is InChI=1S/C16H11N3O3/c20-15-10-9-11-5-1-2-6-12(11)16(15)18-17-13-7-3-4-8-14(13)19(21)22/h1-10,20H. The molecule has 0 aliphatic carbocycles. The van der Waals surface area contributed by atoms with Crippen molar-refractivity contribution in [2.75, 3.05) is 0 Å². The van der Waals surface area contributed by atoms with E-state index in [9.17, 15) is 15.2 Å². The molecule has 0 fully saturated rings. The highest BCUT2D eigenvalue weighted by atomic mass is 16.6. The van der Waals surface area contributed by atoms with E-state index in [0.717, 1.165) is 10.8 Å². The van der Waals surface area contributed by atoms with E-state index in [2.05, 4.69) is 10.2 Å². The molecule has 0 radical (unpaired) electrons. The van der Waals surface area contributed by atoms with Gasteiger partial charge in [0.1, 0.15) is 11.4 Å². The fourth-order valence-corrected chi connectivity index (χ4v) is 2.16. The van der Waals surface area contributed by atoms with E-state index >= 15 is 0 Å². The van der Waals surface area contributed by atoms with Gasteiger partial charge in [-0.25, -0.2) is 0 Å². The molecule has 0 aliphatic rings. The van der Waals surface area contributed by atoms with Gasteiger partial charge in [0.2, 0.25) is 0 Å². The Kier molecular flexibility index (Phi) is 3.49. The van der Waals surface area contributed by atoms with Crippen molar-refractivity contribution in [2.45, 2.75) is 0 Å². The first-order valence-corrected chi connectivity index (χ1v) is 6.52. The molecule has 0 saturated heterocycles. The van der Waals surface area contributed by atoms with Crippen molar-refractivity contribution in [1.82, 2.24) is 0 Å². The van der Waals surface area contributed by atoms with Gasteiger partial charge < -0.3 is 5.11 Å². The quantitative estimate of drug-likeness (QED) is 0.424. The Bertz CT molecular complexity index is 891. The zero-order valence-corrected chi connectivity index (χ0v) is 11.4. The van der Waals surface area contributed by atoms with Crippen LogP contribution >= 0.6 is 0 Å². The van der Waals surface area contributed by atoms with Crippen LogP contribution in [0, 0.1) is 10.1 Å². The van der Waals surface area contributed by atoms with Gasteiger partial charge in [0, 0.05) is 11.5 Å². The van der Waals surface area contributed by atoms with Crippen molar-refractivity contribution >= 4 is 27.8 Å². The van der Waals surface area contributed by atoms with Gasteiger partial charge in [0.15, 0.2) is 5.69 Å². The number of rotatable bonds is 3. The van der Waals surface area contributed by atoms with Gasteiger partial charge in [-0.2, -0.15) is 0 Å². The third kappa shape index (κ3) is 2.49. The van der Waals surface area contributed by atoms with Crippen molar-refractivity contribution in [2.24, 2.45) is 10.2 Å². The zero-order valence-electron chi connectivity index (χ0n) is 11.4. The third-order valence-electron chi connectivity index (χ3n) is 3.22. The minimum atomic E-state index is -0.517. The Labute approximate surface area is 125 Å². The molecule has 3 aromatic carbocycles. The number of nitrogens with zero attached hydrogens (tertiary/aromatic N) is 3. The van der Waals surface area contributed by atoms with Crippen LogP contribution in [0.1, 0.15) is 0 Å². The maximum absolute atomic E-state index is 11.0. The lowest BCUT2D eigenvalue weighted by Crippen LogP contribution is -1.87. The van der Waals surface area contributed by atoms with Crippen LogP contribution in [-0.2, 0) is 0 Å². The number of hydrogen-bond acceptors (Lipinski definition) is 5. The summed E-state index contributed by atoms with van der Waals surface area (Å²) in [6.07, 6.45) is 0. The molecule has 0 unspecified atom stereocenters.